The summed E-state index contributed by atoms with van der Waals surface area (Å²) in [5.74, 6) is 0.285. The van der Waals surface area contributed by atoms with Gasteiger partial charge in [-0.05, 0) is 35.7 Å². The molecule has 0 spiro atoms. The van der Waals surface area contributed by atoms with Crippen LogP contribution in [0.2, 0.25) is 0 Å². The Labute approximate surface area is 158 Å². The second-order valence-electron chi connectivity index (χ2n) is 6.82. The first-order chi connectivity index (χ1) is 12.5. The minimum Gasteiger partial charge on any atom is -0.368 e. The number of nitrogens with zero attached hydrogens (tertiary/aromatic N) is 2. The van der Waals surface area contributed by atoms with Crippen molar-refractivity contribution in [3.8, 4) is 0 Å². The van der Waals surface area contributed by atoms with Gasteiger partial charge in [0.15, 0.2) is 0 Å². The van der Waals surface area contributed by atoms with Crippen molar-refractivity contribution in [1.29, 1.82) is 0 Å². The van der Waals surface area contributed by atoms with Crippen molar-refractivity contribution >= 4 is 34.5 Å². The summed E-state index contributed by atoms with van der Waals surface area (Å²) >= 11 is 1.59. The minimum atomic E-state index is 0.000937. The molecule has 1 fully saturated rings. The van der Waals surface area contributed by atoms with Crippen LogP contribution in [-0.2, 0) is 16.0 Å². The van der Waals surface area contributed by atoms with E-state index in [-0.39, 0.29) is 17.7 Å². The van der Waals surface area contributed by atoms with E-state index in [0.717, 1.165) is 42.4 Å². The second-order valence-corrected chi connectivity index (χ2v) is 7.85. The van der Waals surface area contributed by atoms with Gasteiger partial charge in [-0.1, -0.05) is 19.9 Å². The van der Waals surface area contributed by atoms with Crippen molar-refractivity contribution in [2.45, 2.75) is 20.3 Å². The largest absolute Gasteiger partial charge is 0.368 e. The van der Waals surface area contributed by atoms with Crippen molar-refractivity contribution in [3.05, 3.63) is 46.7 Å². The van der Waals surface area contributed by atoms with Crippen molar-refractivity contribution < 1.29 is 9.59 Å². The highest BCUT2D eigenvalue weighted by atomic mass is 32.1. The maximum Gasteiger partial charge on any atom is 0.229 e. The molecule has 1 aliphatic rings. The number of nitrogens with one attached hydrogen (secondary N) is 1. The van der Waals surface area contributed by atoms with Crippen LogP contribution in [0.4, 0.5) is 11.4 Å². The molecule has 1 N–H and O–H groups in total. The number of piperazine rings is 1. The van der Waals surface area contributed by atoms with E-state index >= 15 is 0 Å². The Morgan fingerprint density at radius 2 is 1.77 bits per heavy atom. The lowest BCUT2D eigenvalue weighted by atomic mass is 10.1. The summed E-state index contributed by atoms with van der Waals surface area (Å²) in [4.78, 5) is 29.4. The molecule has 0 bridgehead atoms. The summed E-state index contributed by atoms with van der Waals surface area (Å²) in [7, 11) is 0. The Balaban J connectivity index is 1.52. The average molecular weight is 372 g/mol. The molecule has 2 amide bonds. The van der Waals surface area contributed by atoms with Gasteiger partial charge in [-0.25, -0.2) is 0 Å². The van der Waals surface area contributed by atoms with Crippen LogP contribution < -0.4 is 10.2 Å². The second kappa shape index (κ2) is 8.36. The molecule has 138 valence electrons. The Kier molecular flexibility index (Phi) is 5.93. The molecule has 1 saturated heterocycles. The SMILES string of the molecule is CC(C)C(=O)N1CCN(c2ccc(NC(=O)Cc3cccs3)cc2)CC1. The molecular formula is C20H25N3O2S. The topological polar surface area (TPSA) is 52.7 Å². The van der Waals surface area contributed by atoms with Gasteiger partial charge in [0.25, 0.3) is 0 Å². The molecule has 5 nitrogen and oxygen atoms in total. The summed E-state index contributed by atoms with van der Waals surface area (Å²) in [6, 6.07) is 11.9. The Bertz CT molecular complexity index is 733. The van der Waals surface area contributed by atoms with Crippen molar-refractivity contribution in [3.63, 3.8) is 0 Å². The molecule has 1 aromatic heterocycles. The Morgan fingerprint density at radius 1 is 1.08 bits per heavy atom. The molecule has 0 unspecified atom stereocenters. The Morgan fingerprint density at radius 3 is 2.35 bits per heavy atom. The summed E-state index contributed by atoms with van der Waals surface area (Å²) in [6.07, 6.45) is 0.408. The van der Waals surface area contributed by atoms with E-state index in [1.807, 2.05) is 60.5 Å². The predicted molar refractivity (Wildman–Crippen MR) is 107 cm³/mol. The molecule has 0 saturated carbocycles. The van der Waals surface area contributed by atoms with Gasteiger partial charge in [0, 0.05) is 48.3 Å². The number of carbonyl (C=O) groups is 2. The first-order valence-corrected chi connectivity index (χ1v) is 9.87. The molecule has 2 heterocycles. The van der Waals surface area contributed by atoms with Gasteiger partial charge in [0.2, 0.25) is 11.8 Å². The molecule has 6 heteroatoms. The first-order valence-electron chi connectivity index (χ1n) is 8.99. The van der Waals surface area contributed by atoms with Gasteiger partial charge >= 0.3 is 0 Å². The highest BCUT2D eigenvalue weighted by molar-refractivity contribution is 7.10. The monoisotopic (exact) mass is 371 g/mol. The summed E-state index contributed by atoms with van der Waals surface area (Å²) < 4.78 is 0. The van der Waals surface area contributed by atoms with Gasteiger partial charge in [0.1, 0.15) is 0 Å². The number of hydrogen-bond acceptors (Lipinski definition) is 4. The molecule has 1 aliphatic heterocycles. The summed E-state index contributed by atoms with van der Waals surface area (Å²) in [6.45, 7) is 7.08. The van der Waals surface area contributed by atoms with Crippen molar-refractivity contribution in [2.75, 3.05) is 36.4 Å². The van der Waals surface area contributed by atoms with Crippen LogP contribution >= 0.6 is 11.3 Å². The van der Waals surface area contributed by atoms with Crippen molar-refractivity contribution in [2.24, 2.45) is 5.92 Å². The molecule has 3 rings (SSSR count). The highest BCUT2D eigenvalue weighted by Gasteiger charge is 2.22. The number of rotatable bonds is 5. The van der Waals surface area contributed by atoms with Gasteiger partial charge in [-0.15, -0.1) is 11.3 Å². The number of benzene rings is 1. The minimum absolute atomic E-state index is 0.000937. The summed E-state index contributed by atoms with van der Waals surface area (Å²) in [5, 5.41) is 4.92. The van der Waals surface area contributed by atoms with Crippen LogP contribution in [0.15, 0.2) is 41.8 Å². The fourth-order valence-electron chi connectivity index (χ4n) is 3.08. The first kappa shape index (κ1) is 18.5. The number of carbonyl (C=O) groups excluding carboxylic acids is 2. The number of thiophene rings is 1. The lowest BCUT2D eigenvalue weighted by Crippen LogP contribution is -2.49. The van der Waals surface area contributed by atoms with Crippen LogP contribution in [0, 0.1) is 5.92 Å². The third kappa shape index (κ3) is 4.64. The maximum absolute atomic E-state index is 12.1. The van der Waals surface area contributed by atoms with E-state index < -0.39 is 0 Å². The molecule has 1 aromatic carbocycles. The fourth-order valence-corrected chi connectivity index (χ4v) is 3.79. The van der Waals surface area contributed by atoms with Crippen molar-refractivity contribution in [1.82, 2.24) is 4.90 Å². The predicted octanol–water partition coefficient (Wildman–Crippen LogP) is 3.23. The lowest BCUT2D eigenvalue weighted by Gasteiger charge is -2.37. The van der Waals surface area contributed by atoms with Gasteiger partial charge in [-0.2, -0.15) is 0 Å². The number of amides is 2. The highest BCUT2D eigenvalue weighted by Crippen LogP contribution is 2.20. The van der Waals surface area contributed by atoms with Crippen LogP contribution in [0.25, 0.3) is 0 Å². The molecule has 0 aliphatic carbocycles. The third-order valence-corrected chi connectivity index (χ3v) is 5.39. The molecule has 2 aromatic rings. The smallest absolute Gasteiger partial charge is 0.229 e. The summed E-state index contributed by atoms with van der Waals surface area (Å²) in [5.41, 5.74) is 1.93. The van der Waals surface area contributed by atoms with E-state index in [2.05, 4.69) is 10.2 Å². The maximum atomic E-state index is 12.1. The van der Waals surface area contributed by atoms with E-state index in [4.69, 9.17) is 0 Å². The van der Waals surface area contributed by atoms with Gasteiger partial charge < -0.3 is 15.1 Å². The third-order valence-electron chi connectivity index (χ3n) is 4.52. The van der Waals surface area contributed by atoms with Gasteiger partial charge in [-0.3, -0.25) is 9.59 Å². The fraction of sp³-hybridized carbons (Fsp3) is 0.400. The standard InChI is InChI=1S/C20H25N3O2S/c1-15(2)20(25)23-11-9-22(10-12-23)17-7-5-16(6-8-17)21-19(24)14-18-4-3-13-26-18/h3-8,13,15H,9-12,14H2,1-2H3,(H,21,24). The molecule has 0 radical (unpaired) electrons. The molecule has 0 atom stereocenters. The van der Waals surface area contributed by atoms with E-state index in [0.29, 0.717) is 6.42 Å². The Hall–Kier alpha value is -2.34. The van der Waals surface area contributed by atoms with Crippen LogP contribution in [0.3, 0.4) is 0 Å². The van der Waals surface area contributed by atoms with Crippen LogP contribution in [0.5, 0.6) is 0 Å². The number of hydrogen-bond donors (Lipinski definition) is 1. The lowest BCUT2D eigenvalue weighted by molar-refractivity contribution is -0.134. The van der Waals surface area contributed by atoms with Crippen LogP contribution in [-0.4, -0.2) is 42.9 Å². The molecule has 26 heavy (non-hydrogen) atoms. The van der Waals surface area contributed by atoms with Gasteiger partial charge in [0.05, 0.1) is 6.42 Å². The zero-order chi connectivity index (χ0) is 18.5. The zero-order valence-electron chi connectivity index (χ0n) is 15.3. The normalized spacial score (nSPS) is 14.6. The zero-order valence-corrected chi connectivity index (χ0v) is 16.1. The van der Waals surface area contributed by atoms with E-state index in [1.54, 1.807) is 11.3 Å². The molecular weight excluding hydrogens is 346 g/mol. The number of anilines is 2. The average Bonchev–Trinajstić information content (AvgIpc) is 3.14. The quantitative estimate of drug-likeness (QED) is 0.878. The van der Waals surface area contributed by atoms with Crippen LogP contribution in [0.1, 0.15) is 18.7 Å². The van der Waals surface area contributed by atoms with E-state index in [9.17, 15) is 9.59 Å². The van der Waals surface area contributed by atoms with E-state index in [1.165, 1.54) is 0 Å².